The molecule has 1 unspecified atom stereocenters. The van der Waals surface area contributed by atoms with Crippen LogP contribution in [0.4, 0.5) is 16.2 Å². The molecule has 0 fully saturated rings. The van der Waals surface area contributed by atoms with E-state index in [9.17, 15) is 14.9 Å². The van der Waals surface area contributed by atoms with Crippen molar-refractivity contribution in [3.8, 4) is 11.8 Å². The Kier molecular flexibility index (Phi) is 7.07. The van der Waals surface area contributed by atoms with Gasteiger partial charge >= 0.3 is 6.03 Å². The van der Waals surface area contributed by atoms with Crippen molar-refractivity contribution >= 4 is 35.1 Å². The normalized spacial score (nSPS) is 15.5. The maximum atomic E-state index is 13.5. The van der Waals surface area contributed by atoms with E-state index in [1.807, 2.05) is 12.3 Å². The number of hydrogen-bond donors (Lipinski definition) is 4. The first kappa shape index (κ1) is 22.8. The number of thioether (sulfide) groups is 1. The van der Waals surface area contributed by atoms with Crippen LogP contribution in [0.3, 0.4) is 0 Å². The molecule has 2 aromatic rings. The number of nitrogens with one attached hydrogen (secondary N) is 3. The van der Waals surface area contributed by atoms with Gasteiger partial charge in [0.05, 0.1) is 35.4 Å². The monoisotopic (exact) mass is 449 g/mol. The highest BCUT2D eigenvalue weighted by Gasteiger charge is 2.34. The van der Waals surface area contributed by atoms with Crippen molar-refractivity contribution in [2.45, 2.75) is 12.8 Å². The van der Waals surface area contributed by atoms with Crippen molar-refractivity contribution in [2.24, 2.45) is 5.73 Å². The summed E-state index contributed by atoms with van der Waals surface area (Å²) in [5.74, 6) is -0.494. The molecule has 3 rings (SSSR count). The average Bonchev–Trinajstić information content (AvgIpc) is 2.78. The molecule has 0 spiro atoms. The number of nitriles is 1. The quantitative estimate of drug-likeness (QED) is 0.530. The number of amides is 3. The Morgan fingerprint density at radius 2 is 1.94 bits per heavy atom. The number of benzene rings is 2. The summed E-state index contributed by atoms with van der Waals surface area (Å²) in [5, 5.41) is 19.2. The number of allylic oxidation sites excluding steroid dienone is 2. The van der Waals surface area contributed by atoms with E-state index in [1.54, 1.807) is 49.4 Å². The molecule has 0 bridgehead atoms. The lowest BCUT2D eigenvalue weighted by atomic mass is 9.82. The van der Waals surface area contributed by atoms with Crippen molar-refractivity contribution in [1.29, 1.82) is 5.26 Å². The van der Waals surface area contributed by atoms with E-state index >= 15 is 0 Å². The van der Waals surface area contributed by atoms with Gasteiger partial charge in [-0.3, -0.25) is 4.79 Å². The summed E-state index contributed by atoms with van der Waals surface area (Å²) in [4.78, 5) is 24.8. The van der Waals surface area contributed by atoms with Crippen molar-refractivity contribution in [1.82, 2.24) is 5.32 Å². The number of dihydropyridines is 1. The van der Waals surface area contributed by atoms with Gasteiger partial charge in [0, 0.05) is 17.0 Å². The minimum Gasteiger partial charge on any atom is -0.495 e. The Bertz CT molecular complexity index is 1170. The van der Waals surface area contributed by atoms with Crippen LogP contribution in [0.15, 0.2) is 70.4 Å². The Morgan fingerprint density at radius 3 is 2.59 bits per heavy atom. The second-order valence-corrected chi connectivity index (χ2v) is 7.74. The summed E-state index contributed by atoms with van der Waals surface area (Å²) in [6, 6.07) is 15.6. The van der Waals surface area contributed by atoms with Crippen LogP contribution in [0.2, 0.25) is 0 Å². The fourth-order valence-corrected chi connectivity index (χ4v) is 4.22. The molecular weight excluding hydrogens is 426 g/mol. The topological polar surface area (TPSA) is 129 Å². The number of rotatable bonds is 6. The third-order valence-electron chi connectivity index (χ3n) is 4.94. The molecule has 1 aliphatic heterocycles. The first-order valence-corrected chi connectivity index (χ1v) is 10.9. The summed E-state index contributed by atoms with van der Waals surface area (Å²) < 4.78 is 5.34. The van der Waals surface area contributed by atoms with Gasteiger partial charge in [-0.1, -0.05) is 24.3 Å². The molecule has 0 saturated heterocycles. The Morgan fingerprint density at radius 1 is 1.19 bits per heavy atom. The number of carbonyl (C=O) groups is 2. The van der Waals surface area contributed by atoms with Gasteiger partial charge in [-0.15, -0.1) is 11.8 Å². The van der Waals surface area contributed by atoms with E-state index < -0.39 is 11.9 Å². The van der Waals surface area contributed by atoms with E-state index in [0.29, 0.717) is 44.6 Å². The summed E-state index contributed by atoms with van der Waals surface area (Å²) in [6.45, 7) is 1.79. The number of carbonyl (C=O) groups excluding carboxylic acids is 2. The maximum Gasteiger partial charge on any atom is 0.316 e. The molecule has 5 N–H and O–H groups in total. The van der Waals surface area contributed by atoms with Gasteiger partial charge in [0.2, 0.25) is 0 Å². The summed E-state index contributed by atoms with van der Waals surface area (Å²) in [5.41, 5.74) is 8.33. The molecule has 0 aromatic heterocycles. The Labute approximate surface area is 190 Å². The molecule has 0 aliphatic carbocycles. The largest absolute Gasteiger partial charge is 0.495 e. The lowest BCUT2D eigenvalue weighted by Gasteiger charge is -2.29. The fourth-order valence-electron chi connectivity index (χ4n) is 3.58. The molecule has 2 aromatic carbocycles. The van der Waals surface area contributed by atoms with Crippen molar-refractivity contribution < 1.29 is 14.3 Å². The fraction of sp³-hybridized carbons (Fsp3) is 0.174. The summed E-state index contributed by atoms with van der Waals surface area (Å²) in [7, 11) is 1.53. The minimum absolute atomic E-state index is 0.370. The van der Waals surface area contributed by atoms with Crippen LogP contribution in [0, 0.1) is 11.3 Å². The van der Waals surface area contributed by atoms with E-state index in [4.69, 9.17) is 10.5 Å². The average molecular weight is 450 g/mol. The van der Waals surface area contributed by atoms with Crippen LogP contribution in [-0.4, -0.2) is 25.3 Å². The second-order valence-electron chi connectivity index (χ2n) is 6.92. The zero-order valence-corrected chi connectivity index (χ0v) is 18.7. The SMILES string of the molecule is COc1ccccc1NC(=O)C1=C(C)NC(SC)=C(C#N)C1c1cccc(NC(N)=O)c1. The predicted octanol–water partition coefficient (Wildman–Crippen LogP) is 3.88. The zero-order chi connectivity index (χ0) is 23.3. The van der Waals surface area contributed by atoms with Crippen LogP contribution in [0.25, 0.3) is 0 Å². The van der Waals surface area contributed by atoms with E-state index in [0.717, 1.165) is 0 Å². The van der Waals surface area contributed by atoms with Gasteiger partial charge in [-0.25, -0.2) is 4.79 Å². The lowest BCUT2D eigenvalue weighted by Crippen LogP contribution is -2.30. The number of nitrogens with two attached hydrogens (primary N) is 1. The molecule has 8 nitrogen and oxygen atoms in total. The second kappa shape index (κ2) is 9.94. The van der Waals surface area contributed by atoms with E-state index in [1.165, 1.54) is 18.9 Å². The summed E-state index contributed by atoms with van der Waals surface area (Å²) >= 11 is 1.39. The number of hydrogen-bond acceptors (Lipinski definition) is 6. The third-order valence-corrected chi connectivity index (χ3v) is 5.67. The van der Waals surface area contributed by atoms with Crippen LogP contribution >= 0.6 is 11.8 Å². The highest BCUT2D eigenvalue weighted by molar-refractivity contribution is 8.02. The highest BCUT2D eigenvalue weighted by atomic mass is 32.2. The van der Waals surface area contributed by atoms with Gasteiger partial charge in [0.25, 0.3) is 5.91 Å². The van der Waals surface area contributed by atoms with Crippen molar-refractivity contribution in [3.63, 3.8) is 0 Å². The summed E-state index contributed by atoms with van der Waals surface area (Å²) in [6.07, 6.45) is 1.86. The number of urea groups is 1. The molecular formula is C23H23N5O3S. The van der Waals surface area contributed by atoms with Gasteiger partial charge < -0.3 is 26.4 Å². The molecule has 0 saturated carbocycles. The molecule has 9 heteroatoms. The van der Waals surface area contributed by atoms with Crippen LogP contribution in [0.1, 0.15) is 18.4 Å². The van der Waals surface area contributed by atoms with Crippen LogP contribution in [0.5, 0.6) is 5.75 Å². The molecule has 1 heterocycles. The van der Waals surface area contributed by atoms with Crippen molar-refractivity contribution in [3.05, 3.63) is 76.0 Å². The van der Waals surface area contributed by atoms with Gasteiger partial charge in [0.15, 0.2) is 0 Å². The van der Waals surface area contributed by atoms with Gasteiger partial charge in [-0.2, -0.15) is 5.26 Å². The number of primary amides is 1. The molecule has 3 amide bonds. The first-order chi connectivity index (χ1) is 15.4. The number of methoxy groups -OCH3 is 1. The maximum absolute atomic E-state index is 13.5. The molecule has 1 atom stereocenters. The molecule has 1 aliphatic rings. The highest BCUT2D eigenvalue weighted by Crippen LogP contribution is 2.41. The number of ether oxygens (including phenoxy) is 1. The van der Waals surface area contributed by atoms with E-state index in [2.05, 4.69) is 22.0 Å². The van der Waals surface area contributed by atoms with Crippen LogP contribution in [-0.2, 0) is 4.79 Å². The Hall–Kier alpha value is -3.90. The standard InChI is InChI=1S/C23H23N5O3S/c1-13-19(21(29)28-17-9-4-5-10-18(17)31-2)20(16(12-24)22(26-13)32-3)14-7-6-8-15(11-14)27-23(25)30/h4-11,20,26H,1-3H3,(H,28,29)(H3,25,27,30). The number of nitrogens with zero attached hydrogens (tertiary/aromatic N) is 1. The minimum atomic E-state index is -0.700. The van der Waals surface area contributed by atoms with Crippen molar-refractivity contribution in [2.75, 3.05) is 24.0 Å². The first-order valence-electron chi connectivity index (χ1n) is 9.66. The number of para-hydroxylation sites is 2. The van der Waals surface area contributed by atoms with Crippen LogP contribution < -0.4 is 26.4 Å². The van der Waals surface area contributed by atoms with Gasteiger partial charge in [-0.05, 0) is 43.0 Å². The third kappa shape index (κ3) is 4.71. The lowest BCUT2D eigenvalue weighted by molar-refractivity contribution is -0.113. The predicted molar refractivity (Wildman–Crippen MR) is 126 cm³/mol. The molecule has 32 heavy (non-hydrogen) atoms. The smallest absolute Gasteiger partial charge is 0.316 e. The molecule has 164 valence electrons. The van der Waals surface area contributed by atoms with E-state index in [-0.39, 0.29) is 5.91 Å². The molecule has 0 radical (unpaired) electrons. The van der Waals surface area contributed by atoms with Gasteiger partial charge in [0.1, 0.15) is 5.75 Å². The number of anilines is 2. The zero-order valence-electron chi connectivity index (χ0n) is 17.9. The Balaban J connectivity index is 2.09.